The van der Waals surface area contributed by atoms with Crippen molar-refractivity contribution in [2.75, 3.05) is 7.11 Å². The summed E-state index contributed by atoms with van der Waals surface area (Å²) in [4.78, 5) is 43.7. The van der Waals surface area contributed by atoms with E-state index in [2.05, 4.69) is 4.98 Å². The number of aromatic nitrogens is 2. The molecule has 150 valence electrons. The van der Waals surface area contributed by atoms with E-state index in [1.807, 2.05) is 6.07 Å². The molecule has 0 aliphatic heterocycles. The molecule has 2 rings (SSSR count). The molecular formula is C21H27N3O4. The highest BCUT2D eigenvalue weighted by Crippen LogP contribution is 2.25. The van der Waals surface area contributed by atoms with Crippen LogP contribution >= 0.6 is 0 Å². The quantitative estimate of drug-likeness (QED) is 0.541. The fraction of sp³-hybridized carbons (Fsp3) is 0.429. The number of Topliss-reactive ketones (excluding diaryl/α,β-unsaturated/α-hetero) is 1. The van der Waals surface area contributed by atoms with Gasteiger partial charge in [0.2, 0.25) is 5.91 Å². The van der Waals surface area contributed by atoms with E-state index in [1.54, 1.807) is 62.7 Å². The number of nitrogens with zero attached hydrogens (tertiary/aromatic N) is 3. The predicted octanol–water partition coefficient (Wildman–Crippen LogP) is 2.83. The van der Waals surface area contributed by atoms with Crippen molar-refractivity contribution < 1.29 is 19.1 Å². The third-order valence-corrected chi connectivity index (χ3v) is 5.10. The Balaban J connectivity index is 2.43. The molecule has 28 heavy (non-hydrogen) atoms. The lowest BCUT2D eigenvalue weighted by Gasteiger charge is -2.28. The van der Waals surface area contributed by atoms with Crippen LogP contribution in [0.1, 0.15) is 57.9 Å². The highest BCUT2D eigenvalue weighted by Gasteiger charge is 2.32. The molecule has 0 fully saturated rings. The number of carbonyl (C=O) groups excluding carboxylic acids is 3. The average Bonchev–Trinajstić information content (AvgIpc) is 2.93. The Kier molecular flexibility index (Phi) is 6.72. The Hall–Kier alpha value is -2.96. The second-order valence-corrected chi connectivity index (χ2v) is 6.76. The molecule has 1 unspecified atom stereocenters. The molecule has 2 aromatic heterocycles. The van der Waals surface area contributed by atoms with E-state index in [1.165, 1.54) is 7.11 Å². The molecule has 1 amide bonds. The van der Waals surface area contributed by atoms with Crippen LogP contribution in [-0.4, -0.2) is 45.3 Å². The van der Waals surface area contributed by atoms with E-state index in [-0.39, 0.29) is 18.1 Å². The van der Waals surface area contributed by atoms with Gasteiger partial charge in [0.15, 0.2) is 5.78 Å². The zero-order valence-electron chi connectivity index (χ0n) is 17.3. The highest BCUT2D eigenvalue weighted by molar-refractivity contribution is 6.06. The van der Waals surface area contributed by atoms with Crippen molar-refractivity contribution in [1.82, 2.24) is 14.5 Å². The van der Waals surface area contributed by atoms with Crippen LogP contribution in [0, 0.1) is 13.8 Å². The molecule has 0 aromatic carbocycles. The van der Waals surface area contributed by atoms with Crippen LogP contribution in [0.5, 0.6) is 0 Å². The largest absolute Gasteiger partial charge is 0.464 e. The normalized spacial score (nSPS) is 11.8. The second-order valence-electron chi connectivity index (χ2n) is 6.76. The summed E-state index contributed by atoms with van der Waals surface area (Å²) in [7, 11) is 3.03. The van der Waals surface area contributed by atoms with Crippen molar-refractivity contribution in [2.45, 2.75) is 46.7 Å². The lowest BCUT2D eigenvalue weighted by atomic mass is 9.99. The number of ketones is 1. The fourth-order valence-corrected chi connectivity index (χ4v) is 3.41. The third kappa shape index (κ3) is 3.98. The van der Waals surface area contributed by atoms with Crippen LogP contribution in [0.4, 0.5) is 0 Å². The summed E-state index contributed by atoms with van der Waals surface area (Å²) in [5, 5.41) is 0. The molecule has 1 atom stereocenters. The highest BCUT2D eigenvalue weighted by atomic mass is 16.5. The lowest BCUT2D eigenvalue weighted by molar-refractivity contribution is -0.132. The first-order valence-corrected chi connectivity index (χ1v) is 9.21. The summed E-state index contributed by atoms with van der Waals surface area (Å²) in [5.74, 6) is -0.817. The maximum absolute atomic E-state index is 13.3. The van der Waals surface area contributed by atoms with Crippen molar-refractivity contribution in [3.63, 3.8) is 0 Å². The van der Waals surface area contributed by atoms with Gasteiger partial charge in [-0.2, -0.15) is 0 Å². The maximum Gasteiger partial charge on any atom is 0.354 e. The minimum atomic E-state index is -0.682. The van der Waals surface area contributed by atoms with E-state index < -0.39 is 12.0 Å². The van der Waals surface area contributed by atoms with E-state index in [9.17, 15) is 14.4 Å². The van der Waals surface area contributed by atoms with Gasteiger partial charge in [0.05, 0.1) is 13.2 Å². The van der Waals surface area contributed by atoms with Gasteiger partial charge in [-0.05, 0) is 38.0 Å². The number of amides is 1. The van der Waals surface area contributed by atoms with Crippen molar-refractivity contribution >= 4 is 17.7 Å². The summed E-state index contributed by atoms with van der Waals surface area (Å²) in [6, 6.07) is 2.98. The van der Waals surface area contributed by atoms with Crippen molar-refractivity contribution in [3.8, 4) is 0 Å². The molecular weight excluding hydrogens is 358 g/mol. The van der Waals surface area contributed by atoms with Crippen molar-refractivity contribution in [3.05, 3.63) is 52.6 Å². The first kappa shape index (κ1) is 21.3. The number of rotatable bonds is 7. The Bertz CT molecular complexity index is 887. The number of carbonyl (C=O) groups is 3. The van der Waals surface area contributed by atoms with Crippen LogP contribution < -0.4 is 0 Å². The van der Waals surface area contributed by atoms with E-state index >= 15 is 0 Å². The molecule has 0 radical (unpaired) electrons. The number of esters is 1. The monoisotopic (exact) mass is 385 g/mol. The molecule has 0 saturated heterocycles. The van der Waals surface area contributed by atoms with Crippen LogP contribution in [-0.2, 0) is 23.1 Å². The second kappa shape index (κ2) is 8.82. The number of pyridine rings is 1. The van der Waals surface area contributed by atoms with Gasteiger partial charge in [-0.25, -0.2) is 4.79 Å². The maximum atomic E-state index is 13.3. The third-order valence-electron chi connectivity index (χ3n) is 5.10. The standard InChI is InChI=1S/C21H27N3O4/c1-7-17(25)24(12-16-9-8-10-22-11-16)15(4)20(26)18-13(2)19(21(27)28-6)23(5)14(18)3/h8-11,15H,7,12H2,1-6H3. The molecule has 0 spiro atoms. The summed E-state index contributed by atoms with van der Waals surface area (Å²) < 4.78 is 6.51. The van der Waals surface area contributed by atoms with Gasteiger partial charge in [-0.3, -0.25) is 14.6 Å². The first-order chi connectivity index (χ1) is 13.2. The van der Waals surface area contributed by atoms with E-state index in [0.717, 1.165) is 5.56 Å². The van der Waals surface area contributed by atoms with E-state index in [0.29, 0.717) is 29.1 Å². The zero-order chi connectivity index (χ0) is 21.0. The van der Waals surface area contributed by atoms with E-state index in [4.69, 9.17) is 4.74 Å². The van der Waals surface area contributed by atoms with Crippen LogP contribution in [0.15, 0.2) is 24.5 Å². The van der Waals surface area contributed by atoms with Gasteiger partial charge in [0, 0.05) is 43.7 Å². The van der Waals surface area contributed by atoms with Gasteiger partial charge >= 0.3 is 5.97 Å². The average molecular weight is 385 g/mol. The lowest BCUT2D eigenvalue weighted by Crippen LogP contribution is -2.42. The summed E-state index contributed by atoms with van der Waals surface area (Å²) in [5.41, 5.74) is 2.88. The molecule has 7 nitrogen and oxygen atoms in total. The van der Waals surface area contributed by atoms with Gasteiger partial charge in [-0.1, -0.05) is 13.0 Å². The fourth-order valence-electron chi connectivity index (χ4n) is 3.41. The van der Waals surface area contributed by atoms with Gasteiger partial charge in [0.25, 0.3) is 0 Å². The topological polar surface area (TPSA) is 81.5 Å². The summed E-state index contributed by atoms with van der Waals surface area (Å²) >= 11 is 0. The minimum Gasteiger partial charge on any atom is -0.464 e. The number of ether oxygens (including phenoxy) is 1. The molecule has 0 N–H and O–H groups in total. The van der Waals surface area contributed by atoms with Crippen LogP contribution in [0.3, 0.4) is 0 Å². The van der Waals surface area contributed by atoms with Gasteiger partial charge in [0.1, 0.15) is 5.69 Å². The first-order valence-electron chi connectivity index (χ1n) is 9.21. The molecule has 7 heteroatoms. The Morgan fingerprint density at radius 2 is 1.96 bits per heavy atom. The SMILES string of the molecule is CCC(=O)N(Cc1cccnc1)C(C)C(=O)c1c(C)c(C(=O)OC)n(C)c1C. The van der Waals surface area contributed by atoms with Crippen LogP contribution in [0.2, 0.25) is 0 Å². The molecule has 0 aliphatic carbocycles. The molecule has 2 aromatic rings. The summed E-state index contributed by atoms with van der Waals surface area (Å²) in [6.45, 7) is 7.29. The Morgan fingerprint density at radius 1 is 1.29 bits per heavy atom. The molecule has 0 saturated carbocycles. The van der Waals surface area contributed by atoms with Crippen LogP contribution in [0.25, 0.3) is 0 Å². The predicted molar refractivity (Wildman–Crippen MR) is 105 cm³/mol. The van der Waals surface area contributed by atoms with Gasteiger partial charge < -0.3 is 14.2 Å². The number of hydrogen-bond donors (Lipinski definition) is 0. The van der Waals surface area contributed by atoms with Gasteiger partial charge in [-0.15, -0.1) is 0 Å². The minimum absolute atomic E-state index is 0.121. The van der Waals surface area contributed by atoms with Crippen molar-refractivity contribution in [2.24, 2.45) is 7.05 Å². The Morgan fingerprint density at radius 3 is 2.50 bits per heavy atom. The molecule has 2 heterocycles. The number of hydrogen-bond acceptors (Lipinski definition) is 5. The number of methoxy groups -OCH3 is 1. The Labute approximate surface area is 165 Å². The smallest absolute Gasteiger partial charge is 0.354 e. The summed E-state index contributed by atoms with van der Waals surface area (Å²) in [6.07, 6.45) is 3.63. The zero-order valence-corrected chi connectivity index (χ0v) is 17.3. The molecule has 0 bridgehead atoms. The van der Waals surface area contributed by atoms with Crippen molar-refractivity contribution in [1.29, 1.82) is 0 Å². The molecule has 0 aliphatic rings.